The molecule has 3 aromatic rings. The molecule has 0 saturated carbocycles. The number of carbonyl (C=O) groups is 2. The minimum absolute atomic E-state index is 0.328. The van der Waals surface area contributed by atoms with Crippen LogP contribution in [0.1, 0.15) is 22.3 Å². The molecule has 2 N–H and O–H groups in total. The van der Waals surface area contributed by atoms with E-state index in [1.807, 2.05) is 41.3 Å². The number of carboxylic acid groups (broad SMARTS) is 1. The molecule has 3 rings (SSSR count). The monoisotopic (exact) mass is 503 g/mol. The number of hydrogen-bond acceptors (Lipinski definition) is 4. The van der Waals surface area contributed by atoms with Crippen molar-refractivity contribution in [2.75, 3.05) is 12.0 Å². The molecule has 1 atom stereocenters. The summed E-state index contributed by atoms with van der Waals surface area (Å²) in [4.78, 5) is 28.7. The van der Waals surface area contributed by atoms with E-state index >= 15 is 0 Å². The molecule has 0 bridgehead atoms. The average molecular weight is 504 g/mol. The summed E-state index contributed by atoms with van der Waals surface area (Å²) in [5, 5.41) is 13.0. The molecule has 1 heterocycles. The smallest absolute Gasteiger partial charge is 0.326 e. The minimum atomic E-state index is -1.07. The molecule has 0 aliphatic heterocycles. The van der Waals surface area contributed by atoms with E-state index in [4.69, 9.17) is 23.2 Å². The normalized spacial score (nSPS) is 12.1. The van der Waals surface area contributed by atoms with Crippen LogP contribution in [0.4, 0.5) is 0 Å². The number of halogens is 2. The molecule has 9 heteroatoms. The predicted octanol–water partition coefficient (Wildman–Crippen LogP) is 5.51. The van der Waals surface area contributed by atoms with Crippen molar-refractivity contribution in [3.63, 3.8) is 0 Å². The summed E-state index contributed by atoms with van der Waals surface area (Å²) in [5.74, 6) is -0.922. The van der Waals surface area contributed by atoms with Gasteiger partial charge in [0.1, 0.15) is 6.04 Å². The number of aromatic nitrogens is 2. The van der Waals surface area contributed by atoms with E-state index in [9.17, 15) is 14.7 Å². The molecule has 0 fully saturated rings. The van der Waals surface area contributed by atoms with Gasteiger partial charge in [-0.25, -0.2) is 9.78 Å². The third kappa shape index (κ3) is 6.87. The minimum Gasteiger partial charge on any atom is -0.480 e. The van der Waals surface area contributed by atoms with E-state index in [2.05, 4.69) is 10.3 Å². The van der Waals surface area contributed by atoms with Gasteiger partial charge in [-0.3, -0.25) is 4.79 Å². The lowest BCUT2D eigenvalue weighted by Crippen LogP contribution is -2.41. The fourth-order valence-corrected chi connectivity index (χ4v) is 4.21. The summed E-state index contributed by atoms with van der Waals surface area (Å²) in [6.45, 7) is 0.648. The number of carbonyl (C=O) groups excluding carboxylic acids is 1. The molecular weight excluding hydrogens is 481 g/mol. The van der Waals surface area contributed by atoms with Crippen molar-refractivity contribution < 1.29 is 14.7 Å². The second-order valence-corrected chi connectivity index (χ2v) is 9.07. The molecule has 1 amide bonds. The van der Waals surface area contributed by atoms with E-state index in [-0.39, 0.29) is 0 Å². The molecule has 0 spiro atoms. The number of nitrogens with zero attached hydrogens (tertiary/aromatic N) is 2. The topological polar surface area (TPSA) is 84.2 Å². The third-order valence-electron chi connectivity index (χ3n) is 4.91. The van der Waals surface area contributed by atoms with E-state index in [1.54, 1.807) is 36.8 Å². The van der Waals surface area contributed by atoms with Crippen LogP contribution in [-0.4, -0.2) is 44.6 Å². The van der Waals surface area contributed by atoms with Gasteiger partial charge in [-0.15, -0.1) is 0 Å². The lowest BCUT2D eigenvalue weighted by molar-refractivity contribution is -0.139. The highest BCUT2D eigenvalue weighted by atomic mass is 35.5. The van der Waals surface area contributed by atoms with Crippen LogP contribution in [-0.2, 0) is 11.3 Å². The molecular formula is C24H23Cl2N3O3S. The van der Waals surface area contributed by atoms with Gasteiger partial charge in [-0.2, -0.15) is 11.8 Å². The first kappa shape index (κ1) is 24.9. The van der Waals surface area contributed by atoms with Crippen molar-refractivity contribution in [3.8, 4) is 11.1 Å². The maximum Gasteiger partial charge on any atom is 0.326 e. The van der Waals surface area contributed by atoms with Crippen molar-refractivity contribution in [1.82, 2.24) is 14.9 Å². The Morgan fingerprint density at radius 1 is 1.21 bits per heavy atom. The molecule has 0 radical (unpaired) electrons. The van der Waals surface area contributed by atoms with Crippen molar-refractivity contribution in [2.45, 2.75) is 19.0 Å². The lowest BCUT2D eigenvalue weighted by Gasteiger charge is -2.17. The summed E-state index contributed by atoms with van der Waals surface area (Å²) in [5.41, 5.74) is 2.42. The van der Waals surface area contributed by atoms with E-state index < -0.39 is 17.9 Å². The first-order valence-corrected chi connectivity index (χ1v) is 12.3. The van der Waals surface area contributed by atoms with Crippen LogP contribution in [0.2, 0.25) is 10.0 Å². The predicted molar refractivity (Wildman–Crippen MR) is 135 cm³/mol. The number of imidazole rings is 1. The van der Waals surface area contributed by atoms with Crippen LogP contribution in [0, 0.1) is 0 Å². The van der Waals surface area contributed by atoms with Gasteiger partial charge in [0.05, 0.1) is 6.33 Å². The number of rotatable bonds is 10. The molecule has 172 valence electrons. The van der Waals surface area contributed by atoms with Gasteiger partial charge in [-0.05, 0) is 53.8 Å². The quantitative estimate of drug-likeness (QED) is 0.381. The zero-order valence-corrected chi connectivity index (χ0v) is 20.2. The number of carboxylic acids is 1. The number of aliphatic carboxylic acids is 1. The van der Waals surface area contributed by atoms with Gasteiger partial charge in [-0.1, -0.05) is 47.5 Å². The fourth-order valence-electron chi connectivity index (χ4n) is 3.23. The van der Waals surface area contributed by atoms with Crippen LogP contribution >= 0.6 is 35.0 Å². The van der Waals surface area contributed by atoms with Gasteiger partial charge in [0.15, 0.2) is 0 Å². The average Bonchev–Trinajstić information content (AvgIpc) is 3.30. The molecule has 0 unspecified atom stereocenters. The second kappa shape index (κ2) is 11.9. The summed E-state index contributed by atoms with van der Waals surface area (Å²) in [6.07, 6.45) is 11.4. The van der Waals surface area contributed by atoms with Gasteiger partial charge in [0, 0.05) is 40.1 Å². The molecule has 2 aromatic carbocycles. The zero-order valence-electron chi connectivity index (χ0n) is 17.9. The maximum absolute atomic E-state index is 13.1. The first-order valence-electron chi connectivity index (χ1n) is 10.1. The Bertz CT molecular complexity index is 1150. The highest BCUT2D eigenvalue weighted by Crippen LogP contribution is 2.33. The zero-order chi connectivity index (χ0) is 23.8. The Morgan fingerprint density at radius 3 is 2.70 bits per heavy atom. The van der Waals surface area contributed by atoms with Gasteiger partial charge < -0.3 is 15.0 Å². The summed E-state index contributed by atoms with van der Waals surface area (Å²) in [7, 11) is 0. The Balaban J connectivity index is 1.95. The molecule has 33 heavy (non-hydrogen) atoms. The Morgan fingerprint density at radius 2 is 2.03 bits per heavy atom. The highest BCUT2D eigenvalue weighted by Gasteiger charge is 2.23. The molecule has 6 nitrogen and oxygen atoms in total. The van der Waals surface area contributed by atoms with E-state index in [1.165, 1.54) is 11.8 Å². The number of nitrogens with one attached hydrogen (secondary N) is 1. The van der Waals surface area contributed by atoms with Crippen LogP contribution in [0.5, 0.6) is 0 Å². The van der Waals surface area contributed by atoms with Gasteiger partial charge >= 0.3 is 5.97 Å². The van der Waals surface area contributed by atoms with Crippen LogP contribution < -0.4 is 5.32 Å². The lowest BCUT2D eigenvalue weighted by atomic mass is 9.96. The Kier molecular flexibility index (Phi) is 9.00. The van der Waals surface area contributed by atoms with Crippen LogP contribution in [0.25, 0.3) is 17.2 Å². The number of allylic oxidation sites excluding steroid dienone is 1. The Labute approximate surface area is 206 Å². The SMILES string of the molecule is CSCC[C@H](NC(=O)c1ccc(/C=C/Cn2ccnc2)cc1-c1ccc(Cl)cc1Cl)C(=O)O. The van der Waals surface area contributed by atoms with Crippen molar-refractivity contribution >= 4 is 52.9 Å². The van der Waals surface area contributed by atoms with Gasteiger partial charge in [0.25, 0.3) is 5.91 Å². The number of thioether (sulfide) groups is 1. The largest absolute Gasteiger partial charge is 0.480 e. The molecule has 0 aliphatic carbocycles. The van der Waals surface area contributed by atoms with E-state index in [0.717, 1.165) is 5.56 Å². The highest BCUT2D eigenvalue weighted by molar-refractivity contribution is 7.98. The summed E-state index contributed by atoms with van der Waals surface area (Å²) in [6, 6.07) is 9.42. The first-order chi connectivity index (χ1) is 15.9. The van der Waals surface area contributed by atoms with Crippen LogP contribution in [0.15, 0.2) is 61.2 Å². The third-order valence-corrected chi connectivity index (χ3v) is 6.10. The second-order valence-electron chi connectivity index (χ2n) is 7.24. The van der Waals surface area contributed by atoms with Crippen molar-refractivity contribution in [1.29, 1.82) is 0 Å². The number of amides is 1. The number of hydrogen-bond donors (Lipinski definition) is 2. The maximum atomic E-state index is 13.1. The molecule has 0 saturated heterocycles. The molecule has 1 aromatic heterocycles. The Hall–Kier alpha value is -2.74. The van der Waals surface area contributed by atoms with Crippen molar-refractivity contribution in [3.05, 3.63) is 82.4 Å². The summed E-state index contributed by atoms with van der Waals surface area (Å²) >= 11 is 14.0. The standard InChI is InChI=1S/C24H23Cl2N3O3S/c1-33-12-8-22(24(31)32)28-23(30)19-6-4-16(3-2-10-29-11-9-27-15-29)13-20(19)18-7-5-17(25)14-21(18)26/h2-7,9,11,13-15,22H,8,10,12H2,1H3,(H,28,30)(H,31,32)/b3-2+/t22-/m0/s1. The van der Waals surface area contributed by atoms with E-state index in [0.29, 0.717) is 45.5 Å². The molecule has 0 aliphatic rings. The fraction of sp³-hybridized carbons (Fsp3) is 0.208. The van der Waals surface area contributed by atoms with Crippen LogP contribution in [0.3, 0.4) is 0 Å². The summed E-state index contributed by atoms with van der Waals surface area (Å²) < 4.78 is 1.93. The number of benzene rings is 2. The van der Waals surface area contributed by atoms with Crippen molar-refractivity contribution in [2.24, 2.45) is 0 Å². The van der Waals surface area contributed by atoms with Gasteiger partial charge in [0.2, 0.25) is 0 Å².